The van der Waals surface area contributed by atoms with Crippen molar-refractivity contribution in [3.8, 4) is 0 Å². The highest BCUT2D eigenvalue weighted by Crippen LogP contribution is 2.43. The van der Waals surface area contributed by atoms with Crippen LogP contribution in [-0.2, 0) is 30.0 Å². The number of carbonyl (C=O) groups excluding carboxylic acids is 4. The van der Waals surface area contributed by atoms with Crippen molar-refractivity contribution in [1.29, 1.82) is 0 Å². The molecule has 4 bridgehead atoms. The molecule has 0 aromatic heterocycles. The van der Waals surface area contributed by atoms with Gasteiger partial charge in [-0.05, 0) is 49.9 Å². The fourth-order valence-corrected chi connectivity index (χ4v) is 4.73. The first-order valence-electron chi connectivity index (χ1n) is 11.7. The summed E-state index contributed by atoms with van der Waals surface area (Å²) in [5.74, 6) is -1.89. The van der Waals surface area contributed by atoms with E-state index in [0.717, 1.165) is 0 Å². The Labute approximate surface area is 199 Å². The van der Waals surface area contributed by atoms with E-state index >= 15 is 0 Å². The fraction of sp³-hybridized carbons (Fsp3) is 0.385. The Hall–Kier alpha value is -3.68. The summed E-state index contributed by atoms with van der Waals surface area (Å²) in [6, 6.07) is 13.4. The Kier molecular flexibility index (Phi) is 7.39. The first kappa shape index (κ1) is 25.0. The van der Waals surface area contributed by atoms with Crippen LogP contribution in [0, 0.1) is 0 Å². The van der Waals surface area contributed by atoms with Crippen LogP contribution in [-0.4, -0.2) is 49.8 Å². The lowest BCUT2D eigenvalue weighted by Crippen LogP contribution is -2.58. The van der Waals surface area contributed by atoms with Crippen LogP contribution in [0.1, 0.15) is 49.9 Å². The van der Waals surface area contributed by atoms with E-state index in [0.29, 0.717) is 48.4 Å². The Bertz CT molecular complexity index is 945. The number of likely N-dealkylation sites (N-methyl/N-ethyl adjacent to an activating group) is 4. The lowest BCUT2D eigenvalue weighted by atomic mass is 9.64. The van der Waals surface area contributed by atoms with Gasteiger partial charge >= 0.3 is 0 Å². The van der Waals surface area contributed by atoms with Crippen molar-refractivity contribution < 1.29 is 19.2 Å². The molecular formula is C26H32N4O4. The third-order valence-corrected chi connectivity index (χ3v) is 6.17. The maximum Gasteiger partial charge on any atom is 0.244 e. The molecule has 0 unspecified atom stereocenters. The van der Waals surface area contributed by atoms with Crippen LogP contribution in [0.5, 0.6) is 0 Å². The molecule has 2 aromatic carbocycles. The number of amides is 4. The molecule has 0 radical (unpaired) electrons. The second kappa shape index (κ2) is 10.1. The van der Waals surface area contributed by atoms with Crippen LogP contribution in [0.2, 0.25) is 0 Å². The van der Waals surface area contributed by atoms with Gasteiger partial charge in [0.05, 0.1) is 0 Å². The molecule has 180 valence electrons. The number of rotatable bonds is 8. The van der Waals surface area contributed by atoms with E-state index in [1.165, 1.54) is 0 Å². The lowest BCUT2D eigenvalue weighted by Gasteiger charge is -2.38. The van der Waals surface area contributed by atoms with Gasteiger partial charge in [0, 0.05) is 26.2 Å². The molecule has 3 rings (SSSR count). The zero-order valence-electron chi connectivity index (χ0n) is 20.1. The quantitative estimate of drug-likeness (QED) is 0.438. The highest BCUT2D eigenvalue weighted by atomic mass is 16.2. The van der Waals surface area contributed by atoms with Gasteiger partial charge in [0.2, 0.25) is 23.6 Å². The topological polar surface area (TPSA) is 116 Å². The van der Waals surface area contributed by atoms with Gasteiger partial charge in [-0.15, -0.1) is 0 Å². The molecule has 8 heteroatoms. The Morgan fingerprint density at radius 2 is 0.765 bits per heavy atom. The van der Waals surface area contributed by atoms with Crippen LogP contribution in [0.25, 0.3) is 0 Å². The normalized spacial score (nSPS) is 14.7. The van der Waals surface area contributed by atoms with Gasteiger partial charge in [-0.1, -0.05) is 48.5 Å². The maximum absolute atomic E-state index is 13.6. The van der Waals surface area contributed by atoms with E-state index in [4.69, 9.17) is 0 Å². The Balaban J connectivity index is 2.47. The van der Waals surface area contributed by atoms with Crippen LogP contribution in [0.3, 0.4) is 0 Å². The average molecular weight is 465 g/mol. The van der Waals surface area contributed by atoms with E-state index in [9.17, 15) is 19.2 Å². The van der Waals surface area contributed by atoms with E-state index in [1.807, 2.05) is 0 Å². The van der Waals surface area contributed by atoms with Crippen molar-refractivity contribution in [2.75, 3.05) is 26.2 Å². The molecule has 0 atom stereocenters. The van der Waals surface area contributed by atoms with Crippen molar-refractivity contribution in [1.82, 2.24) is 21.3 Å². The van der Waals surface area contributed by atoms with Gasteiger partial charge in [-0.3, -0.25) is 19.2 Å². The summed E-state index contributed by atoms with van der Waals surface area (Å²) in [5.41, 5.74) is -1.83. The minimum absolute atomic E-state index is 0.334. The summed E-state index contributed by atoms with van der Waals surface area (Å²) in [5, 5.41) is 11.2. The summed E-state index contributed by atoms with van der Waals surface area (Å²) >= 11 is 0. The molecule has 2 aromatic rings. The van der Waals surface area contributed by atoms with Crippen molar-refractivity contribution in [2.45, 2.75) is 38.5 Å². The van der Waals surface area contributed by atoms with Crippen LogP contribution in [0.15, 0.2) is 48.5 Å². The molecule has 0 heterocycles. The van der Waals surface area contributed by atoms with Crippen molar-refractivity contribution >= 4 is 23.6 Å². The molecule has 0 spiro atoms. The van der Waals surface area contributed by atoms with Gasteiger partial charge in [-0.25, -0.2) is 0 Å². The number of fused-ring (bicyclic) bond motifs is 4. The SMILES string of the molecule is CCNC(=O)C1(C(=O)NCC)c2cccc(c2)C(C(=O)NCC)(C(=O)NCC)c2cccc1c2. The number of hydrogen-bond donors (Lipinski definition) is 4. The van der Waals surface area contributed by atoms with Crippen LogP contribution < -0.4 is 21.3 Å². The first-order chi connectivity index (χ1) is 16.3. The largest absolute Gasteiger partial charge is 0.355 e. The third kappa shape index (κ3) is 3.63. The predicted molar refractivity (Wildman–Crippen MR) is 129 cm³/mol. The highest BCUT2D eigenvalue weighted by molar-refractivity contribution is 6.17. The predicted octanol–water partition coefficient (Wildman–Crippen LogP) is 1.12. The molecule has 4 amide bonds. The van der Waals surface area contributed by atoms with Crippen molar-refractivity contribution in [3.05, 3.63) is 70.8 Å². The molecule has 0 saturated carbocycles. The summed E-state index contributed by atoms with van der Waals surface area (Å²) in [4.78, 5) is 54.5. The van der Waals surface area contributed by atoms with E-state index < -0.39 is 34.5 Å². The van der Waals surface area contributed by atoms with E-state index in [2.05, 4.69) is 21.3 Å². The van der Waals surface area contributed by atoms with Gasteiger partial charge in [0.15, 0.2) is 10.8 Å². The van der Waals surface area contributed by atoms with Crippen molar-refractivity contribution in [3.63, 3.8) is 0 Å². The zero-order chi connectivity index (χ0) is 24.9. The molecule has 34 heavy (non-hydrogen) atoms. The number of nitrogens with one attached hydrogen (secondary N) is 4. The second-order valence-electron chi connectivity index (χ2n) is 8.10. The molecule has 0 saturated heterocycles. The first-order valence-corrected chi connectivity index (χ1v) is 11.7. The minimum atomic E-state index is -1.69. The minimum Gasteiger partial charge on any atom is -0.355 e. The molecule has 4 N–H and O–H groups in total. The molecule has 0 fully saturated rings. The summed E-state index contributed by atoms with van der Waals surface area (Å²) in [6.45, 7) is 8.48. The van der Waals surface area contributed by atoms with E-state index in [1.54, 1.807) is 76.2 Å². The zero-order valence-corrected chi connectivity index (χ0v) is 20.1. The van der Waals surface area contributed by atoms with Crippen LogP contribution in [0.4, 0.5) is 0 Å². The molecule has 1 aliphatic carbocycles. The van der Waals surface area contributed by atoms with Crippen molar-refractivity contribution in [2.24, 2.45) is 0 Å². The van der Waals surface area contributed by atoms with Gasteiger partial charge < -0.3 is 21.3 Å². The number of hydrogen-bond acceptors (Lipinski definition) is 4. The summed E-state index contributed by atoms with van der Waals surface area (Å²) in [6.07, 6.45) is 0. The Morgan fingerprint density at radius 1 is 0.529 bits per heavy atom. The monoisotopic (exact) mass is 464 g/mol. The third-order valence-electron chi connectivity index (χ3n) is 6.17. The molecule has 8 nitrogen and oxygen atoms in total. The molecular weight excluding hydrogens is 432 g/mol. The van der Waals surface area contributed by atoms with E-state index in [-0.39, 0.29) is 0 Å². The maximum atomic E-state index is 13.6. The van der Waals surface area contributed by atoms with Crippen LogP contribution >= 0.6 is 0 Å². The lowest BCUT2D eigenvalue weighted by molar-refractivity contribution is -0.136. The van der Waals surface area contributed by atoms with Gasteiger partial charge in [0.1, 0.15) is 0 Å². The number of benzene rings is 2. The molecule has 0 aliphatic heterocycles. The van der Waals surface area contributed by atoms with Gasteiger partial charge in [0.25, 0.3) is 0 Å². The summed E-state index contributed by atoms with van der Waals surface area (Å²) in [7, 11) is 0. The smallest absolute Gasteiger partial charge is 0.244 e. The summed E-state index contributed by atoms with van der Waals surface area (Å²) < 4.78 is 0. The van der Waals surface area contributed by atoms with Gasteiger partial charge in [-0.2, -0.15) is 0 Å². The average Bonchev–Trinajstić information content (AvgIpc) is 2.81. The highest BCUT2D eigenvalue weighted by Gasteiger charge is 2.55. The second-order valence-corrected chi connectivity index (χ2v) is 8.10. The number of carbonyl (C=O) groups is 4. The molecule has 1 aliphatic rings. The fourth-order valence-electron chi connectivity index (χ4n) is 4.73. The Morgan fingerprint density at radius 3 is 0.971 bits per heavy atom. The standard InChI is InChI=1S/C26H32N4O4/c1-5-27-21(31)25(22(32)28-6-2)17-11-9-13-19(15-17)26(23(33)29-7-3,24(34)30-8-4)20-14-10-12-18(25)16-20/h9-16H,5-8H2,1-4H3,(H,27,31)(H,28,32)(H,29,33)(H,30,34).